The van der Waals surface area contributed by atoms with Crippen molar-refractivity contribution in [2.75, 3.05) is 27.1 Å². The normalized spacial score (nSPS) is 12.4. The molecule has 7 nitrogen and oxygen atoms in total. The first-order valence-electron chi connectivity index (χ1n) is 8.68. The lowest BCUT2D eigenvalue weighted by atomic mass is 10.1. The van der Waals surface area contributed by atoms with Gasteiger partial charge in [-0.05, 0) is 43.2 Å². The Kier molecular flexibility index (Phi) is 8.04. The van der Waals surface area contributed by atoms with Gasteiger partial charge in [-0.1, -0.05) is 12.1 Å². The van der Waals surface area contributed by atoms with E-state index in [2.05, 4.69) is 5.32 Å². The van der Waals surface area contributed by atoms with Gasteiger partial charge in [0.1, 0.15) is 28.8 Å². The van der Waals surface area contributed by atoms with Crippen LogP contribution in [0.15, 0.2) is 47.4 Å². The second-order valence-electron chi connectivity index (χ2n) is 6.17. The zero-order chi connectivity index (χ0) is 20.6. The number of nitrogens with one attached hydrogen (secondary N) is 1. The highest BCUT2D eigenvalue weighted by atomic mass is 32.2. The number of hydrogen-bond acceptors (Lipinski definition) is 6. The molecule has 3 N–H and O–H groups in total. The Bertz CT molecular complexity index is 876. The first kappa shape index (κ1) is 21.9. The molecule has 0 aliphatic rings. The number of primary sulfonamides is 1. The molecule has 0 saturated heterocycles. The molecule has 28 heavy (non-hydrogen) atoms. The summed E-state index contributed by atoms with van der Waals surface area (Å²) >= 11 is 0. The van der Waals surface area contributed by atoms with Crippen LogP contribution in [0.1, 0.15) is 12.5 Å². The molecule has 9 heteroatoms. The average molecular weight is 412 g/mol. The molecule has 0 unspecified atom stereocenters. The highest BCUT2D eigenvalue weighted by molar-refractivity contribution is 7.89. The molecule has 1 atom stereocenters. The van der Waals surface area contributed by atoms with Crippen LogP contribution in [0.25, 0.3) is 0 Å². The van der Waals surface area contributed by atoms with Crippen molar-refractivity contribution in [3.05, 3.63) is 48.0 Å². The largest absolute Gasteiger partial charge is 0.495 e. The summed E-state index contributed by atoms with van der Waals surface area (Å²) < 4.78 is 51.0. The second kappa shape index (κ2) is 10.3. The fourth-order valence-electron chi connectivity index (χ4n) is 2.69. The molecule has 0 bridgehead atoms. The molecule has 0 aliphatic carbocycles. The Morgan fingerprint density at radius 1 is 1.14 bits per heavy atom. The van der Waals surface area contributed by atoms with Crippen molar-refractivity contribution in [1.82, 2.24) is 5.32 Å². The van der Waals surface area contributed by atoms with E-state index in [1.54, 1.807) is 36.4 Å². The van der Waals surface area contributed by atoms with Crippen molar-refractivity contribution in [2.45, 2.75) is 24.3 Å². The zero-order valence-electron chi connectivity index (χ0n) is 15.9. The van der Waals surface area contributed by atoms with Crippen molar-refractivity contribution in [2.24, 2.45) is 5.14 Å². The van der Waals surface area contributed by atoms with Crippen LogP contribution in [0.3, 0.4) is 0 Å². The summed E-state index contributed by atoms with van der Waals surface area (Å²) in [5.41, 5.74) is 0.821. The van der Waals surface area contributed by atoms with Gasteiger partial charge in [0, 0.05) is 18.7 Å². The minimum atomic E-state index is -3.86. The molecule has 0 heterocycles. The van der Waals surface area contributed by atoms with E-state index in [4.69, 9.17) is 19.3 Å². The van der Waals surface area contributed by atoms with Crippen LogP contribution in [-0.2, 0) is 16.4 Å². The molecule has 0 saturated carbocycles. The van der Waals surface area contributed by atoms with Crippen molar-refractivity contribution >= 4 is 10.0 Å². The molecule has 2 aromatic carbocycles. The summed E-state index contributed by atoms with van der Waals surface area (Å²) in [4.78, 5) is -0.0292. The van der Waals surface area contributed by atoms with Gasteiger partial charge in [-0.2, -0.15) is 0 Å². The van der Waals surface area contributed by atoms with Gasteiger partial charge in [0.15, 0.2) is 0 Å². The Morgan fingerprint density at radius 3 is 2.50 bits per heavy atom. The Hall–Kier alpha value is -2.36. The van der Waals surface area contributed by atoms with Gasteiger partial charge >= 0.3 is 0 Å². The second-order valence-corrected chi connectivity index (χ2v) is 7.70. The van der Waals surface area contributed by atoms with Crippen LogP contribution >= 0.6 is 0 Å². The minimum Gasteiger partial charge on any atom is -0.495 e. The lowest BCUT2D eigenvalue weighted by Crippen LogP contribution is -2.31. The van der Waals surface area contributed by atoms with E-state index >= 15 is 0 Å². The van der Waals surface area contributed by atoms with Crippen molar-refractivity contribution in [3.63, 3.8) is 0 Å². The van der Waals surface area contributed by atoms with E-state index in [1.165, 1.54) is 13.2 Å². The standard InChI is InChI=1S/C19H25FN2O5S/c1-14(10-15-6-7-18(25-2)19(11-15)28(21,23)24)22-8-9-26-16-4-3-5-17(12-16)27-13-20/h3-7,11-12,14,22H,8-10,13H2,1-2H3,(H2,21,23,24)/t14-/m1/s1. The van der Waals surface area contributed by atoms with Crippen LogP contribution in [0.4, 0.5) is 4.39 Å². The predicted molar refractivity (Wildman–Crippen MR) is 104 cm³/mol. The first-order valence-corrected chi connectivity index (χ1v) is 10.2. The summed E-state index contributed by atoms with van der Waals surface area (Å²) in [6.45, 7) is 2.08. The van der Waals surface area contributed by atoms with Crippen molar-refractivity contribution < 1.29 is 27.0 Å². The van der Waals surface area contributed by atoms with Gasteiger partial charge in [-0.25, -0.2) is 17.9 Å². The lowest BCUT2D eigenvalue weighted by Gasteiger charge is -2.16. The fourth-order valence-corrected chi connectivity index (χ4v) is 3.43. The summed E-state index contributed by atoms with van der Waals surface area (Å²) in [6, 6.07) is 11.8. The van der Waals surface area contributed by atoms with Gasteiger partial charge in [0.25, 0.3) is 0 Å². The third-order valence-electron chi connectivity index (χ3n) is 3.97. The lowest BCUT2D eigenvalue weighted by molar-refractivity contribution is 0.190. The molecule has 0 fully saturated rings. The number of hydrogen-bond donors (Lipinski definition) is 2. The predicted octanol–water partition coefficient (Wildman–Crippen LogP) is 2.25. The maximum Gasteiger partial charge on any atom is 0.241 e. The van der Waals surface area contributed by atoms with Gasteiger partial charge in [-0.3, -0.25) is 0 Å². The third kappa shape index (κ3) is 6.66. The number of methoxy groups -OCH3 is 1. The molecular formula is C19H25FN2O5S. The number of sulfonamides is 1. The topological polar surface area (TPSA) is 99.9 Å². The van der Waals surface area contributed by atoms with E-state index in [0.29, 0.717) is 31.1 Å². The highest BCUT2D eigenvalue weighted by Gasteiger charge is 2.16. The van der Waals surface area contributed by atoms with Gasteiger partial charge in [0.05, 0.1) is 7.11 Å². The minimum absolute atomic E-state index is 0.0292. The first-order chi connectivity index (χ1) is 13.3. The molecule has 154 valence electrons. The Labute approximate surface area is 164 Å². The highest BCUT2D eigenvalue weighted by Crippen LogP contribution is 2.24. The summed E-state index contributed by atoms with van der Waals surface area (Å²) in [5.74, 6) is 1.22. The molecule has 0 spiro atoms. The molecule has 0 radical (unpaired) electrons. The monoisotopic (exact) mass is 412 g/mol. The Morgan fingerprint density at radius 2 is 1.86 bits per heavy atom. The maximum absolute atomic E-state index is 12.2. The fraction of sp³-hybridized carbons (Fsp3) is 0.368. The van der Waals surface area contributed by atoms with Crippen LogP contribution in [0.2, 0.25) is 0 Å². The van der Waals surface area contributed by atoms with E-state index in [0.717, 1.165) is 5.56 Å². The molecule has 2 aromatic rings. The summed E-state index contributed by atoms with van der Waals surface area (Å²) in [5, 5.41) is 8.55. The maximum atomic E-state index is 12.2. The number of ether oxygens (including phenoxy) is 3. The molecule has 0 amide bonds. The van der Waals surface area contributed by atoms with Crippen LogP contribution < -0.4 is 24.7 Å². The molecule has 0 aliphatic heterocycles. The van der Waals surface area contributed by atoms with E-state index in [-0.39, 0.29) is 16.7 Å². The van der Waals surface area contributed by atoms with Crippen molar-refractivity contribution in [3.8, 4) is 17.2 Å². The zero-order valence-corrected chi connectivity index (χ0v) is 16.7. The number of halogens is 1. The smallest absolute Gasteiger partial charge is 0.241 e. The number of alkyl halides is 1. The summed E-state index contributed by atoms with van der Waals surface area (Å²) in [6.07, 6.45) is 0.604. The van der Waals surface area contributed by atoms with Crippen LogP contribution in [0, 0.1) is 0 Å². The van der Waals surface area contributed by atoms with E-state index in [1.807, 2.05) is 6.92 Å². The number of rotatable bonds is 11. The molecule has 0 aromatic heterocycles. The van der Waals surface area contributed by atoms with Crippen LogP contribution in [0.5, 0.6) is 17.2 Å². The Balaban J connectivity index is 1.84. The van der Waals surface area contributed by atoms with E-state index < -0.39 is 16.9 Å². The molecule has 2 rings (SSSR count). The van der Waals surface area contributed by atoms with Crippen LogP contribution in [-0.4, -0.2) is 41.6 Å². The van der Waals surface area contributed by atoms with Gasteiger partial charge in [-0.15, -0.1) is 0 Å². The van der Waals surface area contributed by atoms with Gasteiger partial charge < -0.3 is 19.5 Å². The number of benzene rings is 2. The van der Waals surface area contributed by atoms with Crippen molar-refractivity contribution in [1.29, 1.82) is 0 Å². The summed E-state index contributed by atoms with van der Waals surface area (Å²) in [7, 11) is -2.47. The number of nitrogens with two attached hydrogens (primary N) is 1. The van der Waals surface area contributed by atoms with E-state index in [9.17, 15) is 12.8 Å². The average Bonchev–Trinajstić information content (AvgIpc) is 2.65. The quantitative estimate of drug-likeness (QED) is 0.549. The van der Waals surface area contributed by atoms with Gasteiger partial charge in [0.2, 0.25) is 16.9 Å². The molecular weight excluding hydrogens is 387 g/mol. The third-order valence-corrected chi connectivity index (χ3v) is 4.90. The SMILES string of the molecule is COc1ccc(C[C@@H](C)NCCOc2cccc(OCF)c2)cc1S(N)(=O)=O.